The molecule has 0 saturated carbocycles. The van der Waals surface area contributed by atoms with Gasteiger partial charge in [0, 0.05) is 9.75 Å². The summed E-state index contributed by atoms with van der Waals surface area (Å²) < 4.78 is 0. The van der Waals surface area contributed by atoms with E-state index in [0.29, 0.717) is 12.0 Å². The molecule has 1 unspecified atom stereocenters. The van der Waals surface area contributed by atoms with Gasteiger partial charge in [0.05, 0.1) is 6.04 Å². The van der Waals surface area contributed by atoms with Crippen molar-refractivity contribution in [1.29, 1.82) is 0 Å². The first-order valence-electron chi connectivity index (χ1n) is 7.93. The minimum atomic E-state index is 0.324. The lowest BCUT2D eigenvalue weighted by atomic mass is 9.97. The molecule has 0 bridgehead atoms. The van der Waals surface area contributed by atoms with E-state index in [1.807, 2.05) is 11.3 Å². The van der Waals surface area contributed by atoms with E-state index >= 15 is 0 Å². The Bertz CT molecular complexity index is 566. The second kappa shape index (κ2) is 7.24. The average molecular weight is 301 g/mol. The second-order valence-electron chi connectivity index (χ2n) is 6.11. The molecule has 2 aromatic rings. The third-order valence-electron chi connectivity index (χ3n) is 3.88. The molecule has 0 spiro atoms. The number of hydrogen-bond acceptors (Lipinski definition) is 2. The van der Waals surface area contributed by atoms with Crippen LogP contribution < -0.4 is 5.32 Å². The number of rotatable bonds is 6. The lowest BCUT2D eigenvalue weighted by Crippen LogP contribution is -2.23. The number of nitrogens with one attached hydrogen (secondary N) is 1. The van der Waals surface area contributed by atoms with E-state index in [0.717, 1.165) is 13.0 Å². The Hall–Kier alpha value is -1.12. The summed E-state index contributed by atoms with van der Waals surface area (Å²) in [6, 6.07) is 11.7. The van der Waals surface area contributed by atoms with Crippen molar-refractivity contribution in [3.8, 4) is 0 Å². The summed E-state index contributed by atoms with van der Waals surface area (Å²) in [5.74, 6) is 0.590. The van der Waals surface area contributed by atoms with Gasteiger partial charge in [0.2, 0.25) is 0 Å². The van der Waals surface area contributed by atoms with Gasteiger partial charge in [0.15, 0.2) is 0 Å². The summed E-state index contributed by atoms with van der Waals surface area (Å²) in [6.07, 6.45) is 1.16. The quantitative estimate of drug-likeness (QED) is 0.734. The van der Waals surface area contributed by atoms with Crippen LogP contribution in [0.2, 0.25) is 0 Å². The summed E-state index contributed by atoms with van der Waals surface area (Å²) in [4.78, 5) is 2.85. The molecule has 1 N–H and O–H groups in total. The number of thiophene rings is 1. The molecule has 0 saturated heterocycles. The molecule has 1 atom stereocenters. The Balaban J connectivity index is 2.33. The monoisotopic (exact) mass is 301 g/mol. The highest BCUT2D eigenvalue weighted by molar-refractivity contribution is 7.12. The Labute approximate surface area is 133 Å². The van der Waals surface area contributed by atoms with Crippen LogP contribution in [-0.2, 0) is 0 Å². The molecule has 1 heterocycles. The van der Waals surface area contributed by atoms with Gasteiger partial charge >= 0.3 is 0 Å². The minimum absolute atomic E-state index is 0.324. The topological polar surface area (TPSA) is 12.0 Å². The van der Waals surface area contributed by atoms with Gasteiger partial charge in [0.1, 0.15) is 0 Å². The van der Waals surface area contributed by atoms with Crippen molar-refractivity contribution in [1.82, 2.24) is 5.32 Å². The Morgan fingerprint density at radius 3 is 2.14 bits per heavy atom. The van der Waals surface area contributed by atoms with Gasteiger partial charge in [-0.2, -0.15) is 0 Å². The molecule has 0 amide bonds. The normalized spacial score (nSPS) is 12.9. The Morgan fingerprint density at radius 1 is 1.05 bits per heavy atom. The summed E-state index contributed by atoms with van der Waals surface area (Å²) >= 11 is 1.92. The Morgan fingerprint density at radius 2 is 1.67 bits per heavy atom. The van der Waals surface area contributed by atoms with E-state index < -0.39 is 0 Å². The minimum Gasteiger partial charge on any atom is -0.306 e. The van der Waals surface area contributed by atoms with Crippen LogP contribution in [0.3, 0.4) is 0 Å². The number of benzene rings is 1. The van der Waals surface area contributed by atoms with Crippen molar-refractivity contribution >= 4 is 11.3 Å². The third kappa shape index (κ3) is 3.96. The molecule has 0 fully saturated rings. The molecule has 21 heavy (non-hydrogen) atoms. The Kier molecular flexibility index (Phi) is 5.60. The van der Waals surface area contributed by atoms with Gasteiger partial charge in [-0.15, -0.1) is 11.3 Å². The first-order valence-corrected chi connectivity index (χ1v) is 8.74. The molecule has 1 aromatic heterocycles. The third-order valence-corrected chi connectivity index (χ3v) is 5.09. The molecule has 1 aromatic carbocycles. The van der Waals surface area contributed by atoms with Gasteiger partial charge < -0.3 is 5.32 Å². The summed E-state index contributed by atoms with van der Waals surface area (Å²) in [7, 11) is 0. The first kappa shape index (κ1) is 16.3. The summed E-state index contributed by atoms with van der Waals surface area (Å²) in [5.41, 5.74) is 4.18. The van der Waals surface area contributed by atoms with E-state index in [1.165, 1.54) is 26.4 Å². The van der Waals surface area contributed by atoms with E-state index in [4.69, 9.17) is 0 Å². The second-order valence-corrected chi connectivity index (χ2v) is 7.40. The molecule has 0 radical (unpaired) electrons. The molecule has 114 valence electrons. The predicted molar refractivity (Wildman–Crippen MR) is 94.5 cm³/mol. The van der Waals surface area contributed by atoms with Crippen LogP contribution in [-0.4, -0.2) is 6.54 Å². The molecule has 0 aliphatic rings. The zero-order chi connectivity index (χ0) is 15.4. The maximum atomic E-state index is 3.72. The van der Waals surface area contributed by atoms with Crippen molar-refractivity contribution in [3.05, 3.63) is 56.8 Å². The first-order chi connectivity index (χ1) is 10.0. The number of aryl methyl sites for hydroxylation is 2. The largest absolute Gasteiger partial charge is 0.306 e. The SMILES string of the molecule is CCCNC(c1ccc(C(C)C)cc1)c1sc(C)cc1C. The molecule has 1 nitrogen and oxygen atoms in total. The molecule has 2 heteroatoms. The molecule has 2 rings (SSSR count). The van der Waals surface area contributed by atoms with E-state index in [1.54, 1.807) is 0 Å². The van der Waals surface area contributed by atoms with Crippen molar-refractivity contribution < 1.29 is 0 Å². The van der Waals surface area contributed by atoms with Gasteiger partial charge in [-0.05, 0) is 55.5 Å². The fraction of sp³-hybridized carbons (Fsp3) is 0.474. The molecular weight excluding hydrogens is 274 g/mol. The highest BCUT2D eigenvalue weighted by Gasteiger charge is 2.18. The van der Waals surface area contributed by atoms with Crippen LogP contribution in [0.1, 0.15) is 65.6 Å². The lowest BCUT2D eigenvalue weighted by molar-refractivity contribution is 0.603. The summed E-state index contributed by atoms with van der Waals surface area (Å²) in [6.45, 7) is 12.2. The van der Waals surface area contributed by atoms with Crippen LogP contribution in [0.4, 0.5) is 0 Å². The van der Waals surface area contributed by atoms with Crippen LogP contribution >= 0.6 is 11.3 Å². The fourth-order valence-electron chi connectivity index (χ4n) is 2.67. The fourth-order valence-corrected chi connectivity index (χ4v) is 3.81. The van der Waals surface area contributed by atoms with E-state index in [9.17, 15) is 0 Å². The highest BCUT2D eigenvalue weighted by atomic mass is 32.1. The zero-order valence-corrected chi connectivity index (χ0v) is 14.7. The summed E-state index contributed by atoms with van der Waals surface area (Å²) in [5, 5.41) is 3.72. The van der Waals surface area contributed by atoms with Gasteiger partial charge in [-0.1, -0.05) is 45.0 Å². The van der Waals surface area contributed by atoms with Crippen LogP contribution in [0, 0.1) is 13.8 Å². The van der Waals surface area contributed by atoms with Crippen molar-refractivity contribution in [3.63, 3.8) is 0 Å². The maximum absolute atomic E-state index is 3.72. The van der Waals surface area contributed by atoms with Gasteiger partial charge in [0.25, 0.3) is 0 Å². The lowest BCUT2D eigenvalue weighted by Gasteiger charge is -2.20. The van der Waals surface area contributed by atoms with E-state index in [-0.39, 0.29) is 0 Å². The molecule has 0 aliphatic carbocycles. The standard InChI is InChI=1S/C19H27NS/c1-6-11-20-18(19-14(4)12-15(5)21-19)17-9-7-16(8-10-17)13(2)3/h7-10,12-13,18,20H,6,11H2,1-5H3. The van der Waals surface area contributed by atoms with Gasteiger partial charge in [-0.25, -0.2) is 0 Å². The van der Waals surface area contributed by atoms with Crippen molar-refractivity contribution in [2.24, 2.45) is 0 Å². The van der Waals surface area contributed by atoms with E-state index in [2.05, 4.69) is 70.3 Å². The van der Waals surface area contributed by atoms with Crippen LogP contribution in [0.25, 0.3) is 0 Å². The highest BCUT2D eigenvalue weighted by Crippen LogP contribution is 2.32. The number of hydrogen-bond donors (Lipinski definition) is 1. The smallest absolute Gasteiger partial charge is 0.0673 e. The van der Waals surface area contributed by atoms with Crippen LogP contribution in [0.5, 0.6) is 0 Å². The van der Waals surface area contributed by atoms with Gasteiger partial charge in [-0.3, -0.25) is 0 Å². The maximum Gasteiger partial charge on any atom is 0.0673 e. The molecular formula is C19H27NS. The van der Waals surface area contributed by atoms with Crippen molar-refractivity contribution in [2.75, 3.05) is 6.54 Å². The average Bonchev–Trinajstić information content (AvgIpc) is 2.79. The zero-order valence-electron chi connectivity index (χ0n) is 13.9. The molecule has 0 aliphatic heterocycles. The predicted octanol–water partition coefficient (Wildman–Crippen LogP) is 5.58. The van der Waals surface area contributed by atoms with Crippen LogP contribution in [0.15, 0.2) is 30.3 Å². The van der Waals surface area contributed by atoms with Crippen molar-refractivity contribution in [2.45, 2.75) is 53.0 Å².